The fourth-order valence-corrected chi connectivity index (χ4v) is 2.83. The van der Waals surface area contributed by atoms with Crippen LogP contribution in [0.1, 0.15) is 22.7 Å². The van der Waals surface area contributed by atoms with Gasteiger partial charge in [-0.2, -0.15) is 0 Å². The maximum atomic E-state index is 12.2. The van der Waals surface area contributed by atoms with Crippen LogP contribution in [0.3, 0.4) is 0 Å². The van der Waals surface area contributed by atoms with E-state index in [4.69, 9.17) is 10.5 Å². The molecule has 22 heavy (non-hydrogen) atoms. The number of anilines is 1. The van der Waals surface area contributed by atoms with Crippen LogP contribution in [0.15, 0.2) is 42.5 Å². The fraction of sp³-hybridized carbons (Fsp3) is 0.278. The minimum atomic E-state index is -0.491. The van der Waals surface area contributed by atoms with Gasteiger partial charge in [-0.05, 0) is 54.8 Å². The number of benzene rings is 2. The number of carbonyl (C=O) groups excluding carboxylic acids is 1. The van der Waals surface area contributed by atoms with Crippen LogP contribution in [0.5, 0.6) is 5.75 Å². The molecule has 3 rings (SSSR count). The second kappa shape index (κ2) is 5.46. The van der Waals surface area contributed by atoms with Crippen molar-refractivity contribution in [1.82, 2.24) is 0 Å². The third-order valence-corrected chi connectivity index (χ3v) is 4.37. The van der Waals surface area contributed by atoms with Gasteiger partial charge in [0.2, 0.25) is 5.91 Å². The molecule has 1 saturated heterocycles. The smallest absolute Gasteiger partial charge is 0.247 e. The van der Waals surface area contributed by atoms with E-state index in [2.05, 4.69) is 6.92 Å². The van der Waals surface area contributed by atoms with Crippen LogP contribution in [0, 0.1) is 13.8 Å². The summed E-state index contributed by atoms with van der Waals surface area (Å²) in [4.78, 5) is 14.0. The Morgan fingerprint density at radius 2 is 1.73 bits per heavy atom. The maximum absolute atomic E-state index is 12.2. The molecule has 0 spiro atoms. The fourth-order valence-electron chi connectivity index (χ4n) is 2.83. The minimum absolute atomic E-state index is 0.0379. The highest BCUT2D eigenvalue weighted by Gasteiger charge is 2.46. The number of nitrogens with zero attached hydrogens (tertiary/aromatic N) is 1. The summed E-state index contributed by atoms with van der Waals surface area (Å²) in [5.74, 6) is 0.754. The molecule has 2 N–H and O–H groups in total. The lowest BCUT2D eigenvalue weighted by atomic mass is 9.88. The van der Waals surface area contributed by atoms with Crippen LogP contribution < -0.4 is 15.4 Å². The van der Waals surface area contributed by atoms with Crippen molar-refractivity contribution >= 4 is 11.6 Å². The van der Waals surface area contributed by atoms with Crippen molar-refractivity contribution in [3.8, 4) is 5.75 Å². The topological polar surface area (TPSA) is 55.6 Å². The van der Waals surface area contributed by atoms with Crippen LogP contribution in [0.4, 0.5) is 5.69 Å². The summed E-state index contributed by atoms with van der Waals surface area (Å²) in [6, 6.07) is 13.1. The van der Waals surface area contributed by atoms with Gasteiger partial charge in [-0.25, -0.2) is 0 Å². The molecule has 4 nitrogen and oxygen atoms in total. The molecule has 4 heteroatoms. The van der Waals surface area contributed by atoms with Gasteiger partial charge in [0.25, 0.3) is 0 Å². The van der Waals surface area contributed by atoms with E-state index in [1.807, 2.05) is 49.4 Å². The summed E-state index contributed by atoms with van der Waals surface area (Å²) in [5.41, 5.74) is 10.3. The van der Waals surface area contributed by atoms with Gasteiger partial charge in [0.15, 0.2) is 0 Å². The zero-order chi connectivity index (χ0) is 15.9. The van der Waals surface area contributed by atoms with E-state index >= 15 is 0 Å². The van der Waals surface area contributed by atoms with Gasteiger partial charge < -0.3 is 15.4 Å². The molecule has 0 saturated carbocycles. The molecule has 2 aromatic carbocycles. The first-order valence-electron chi connectivity index (χ1n) is 7.33. The Morgan fingerprint density at radius 1 is 1.05 bits per heavy atom. The lowest BCUT2D eigenvalue weighted by Crippen LogP contribution is -2.63. The third kappa shape index (κ3) is 2.25. The summed E-state index contributed by atoms with van der Waals surface area (Å²) in [6.07, 6.45) is 0. The number of hydrogen-bond donors (Lipinski definition) is 1. The minimum Gasteiger partial charge on any atom is -0.497 e. The molecule has 0 bridgehead atoms. The Balaban J connectivity index is 1.95. The normalized spacial score (nSPS) is 20.7. The number of ether oxygens (including phenoxy) is 1. The van der Waals surface area contributed by atoms with E-state index in [0.29, 0.717) is 0 Å². The monoisotopic (exact) mass is 296 g/mol. The lowest BCUT2D eigenvalue weighted by molar-refractivity contribution is -0.126. The van der Waals surface area contributed by atoms with Crippen molar-refractivity contribution in [2.24, 2.45) is 5.73 Å². The first kappa shape index (κ1) is 14.6. The van der Waals surface area contributed by atoms with E-state index in [1.165, 1.54) is 11.1 Å². The second-order valence-corrected chi connectivity index (χ2v) is 5.72. The molecular weight excluding hydrogens is 276 g/mol. The standard InChI is InChI=1S/C18H20N2O2/c1-11-4-7-14(10-12(11)2)20-17(16(19)18(20)21)13-5-8-15(22-3)9-6-13/h4-10,16-17H,19H2,1-3H3. The van der Waals surface area contributed by atoms with Crippen molar-refractivity contribution in [2.45, 2.75) is 25.9 Å². The average Bonchev–Trinajstić information content (AvgIpc) is 2.54. The molecule has 1 amide bonds. The largest absolute Gasteiger partial charge is 0.497 e. The summed E-state index contributed by atoms with van der Waals surface area (Å²) in [5, 5.41) is 0. The number of aryl methyl sites for hydroxylation is 2. The quantitative estimate of drug-likeness (QED) is 0.886. The summed E-state index contributed by atoms with van der Waals surface area (Å²) in [7, 11) is 1.63. The van der Waals surface area contributed by atoms with Crippen LogP contribution >= 0.6 is 0 Å². The molecule has 1 fully saturated rings. The van der Waals surface area contributed by atoms with Crippen LogP contribution in [0.25, 0.3) is 0 Å². The molecule has 2 atom stereocenters. The summed E-state index contributed by atoms with van der Waals surface area (Å²) >= 11 is 0. The van der Waals surface area contributed by atoms with Crippen molar-refractivity contribution in [3.05, 3.63) is 59.2 Å². The Morgan fingerprint density at radius 3 is 2.32 bits per heavy atom. The van der Waals surface area contributed by atoms with Gasteiger partial charge in [0, 0.05) is 5.69 Å². The van der Waals surface area contributed by atoms with Gasteiger partial charge >= 0.3 is 0 Å². The number of methoxy groups -OCH3 is 1. The highest BCUT2D eigenvalue weighted by molar-refractivity contribution is 6.05. The molecule has 0 aliphatic carbocycles. The van der Waals surface area contributed by atoms with Crippen LogP contribution in [0.2, 0.25) is 0 Å². The molecule has 1 heterocycles. The predicted octanol–water partition coefficient (Wildman–Crippen LogP) is 2.73. The molecule has 2 aromatic rings. The summed E-state index contributed by atoms with van der Waals surface area (Å²) in [6.45, 7) is 4.11. The number of amides is 1. The highest BCUT2D eigenvalue weighted by atomic mass is 16.5. The van der Waals surface area contributed by atoms with Crippen molar-refractivity contribution in [1.29, 1.82) is 0 Å². The van der Waals surface area contributed by atoms with Crippen molar-refractivity contribution < 1.29 is 9.53 Å². The Bertz CT molecular complexity index is 710. The van der Waals surface area contributed by atoms with E-state index in [0.717, 1.165) is 17.0 Å². The number of nitrogens with two attached hydrogens (primary N) is 1. The Labute approximate surface area is 130 Å². The molecule has 1 aliphatic heterocycles. The average molecular weight is 296 g/mol. The lowest BCUT2D eigenvalue weighted by Gasteiger charge is -2.45. The zero-order valence-corrected chi connectivity index (χ0v) is 13.0. The first-order chi connectivity index (χ1) is 10.5. The van der Waals surface area contributed by atoms with E-state index in [1.54, 1.807) is 12.0 Å². The number of rotatable bonds is 3. The first-order valence-corrected chi connectivity index (χ1v) is 7.33. The van der Waals surface area contributed by atoms with Gasteiger partial charge in [0.1, 0.15) is 11.8 Å². The summed E-state index contributed by atoms with van der Waals surface area (Å²) < 4.78 is 5.18. The zero-order valence-electron chi connectivity index (χ0n) is 13.0. The van der Waals surface area contributed by atoms with E-state index in [-0.39, 0.29) is 11.9 Å². The van der Waals surface area contributed by atoms with Crippen LogP contribution in [-0.4, -0.2) is 19.1 Å². The van der Waals surface area contributed by atoms with Gasteiger partial charge in [-0.1, -0.05) is 18.2 Å². The third-order valence-electron chi connectivity index (χ3n) is 4.37. The van der Waals surface area contributed by atoms with Crippen molar-refractivity contribution in [3.63, 3.8) is 0 Å². The van der Waals surface area contributed by atoms with E-state index in [9.17, 15) is 4.79 Å². The number of β-lactam (4-membered cyclic amide) rings is 1. The predicted molar refractivity (Wildman–Crippen MR) is 87.1 cm³/mol. The Hall–Kier alpha value is -2.33. The molecular formula is C18H20N2O2. The maximum Gasteiger partial charge on any atom is 0.247 e. The van der Waals surface area contributed by atoms with Crippen molar-refractivity contribution in [2.75, 3.05) is 12.0 Å². The van der Waals surface area contributed by atoms with E-state index < -0.39 is 6.04 Å². The molecule has 0 aromatic heterocycles. The molecule has 0 radical (unpaired) electrons. The van der Waals surface area contributed by atoms with Crippen LogP contribution in [-0.2, 0) is 4.79 Å². The number of hydrogen-bond acceptors (Lipinski definition) is 3. The van der Waals surface area contributed by atoms with Gasteiger partial charge in [-0.3, -0.25) is 4.79 Å². The molecule has 1 aliphatic rings. The SMILES string of the molecule is COc1ccc(C2C(N)C(=O)N2c2ccc(C)c(C)c2)cc1. The second-order valence-electron chi connectivity index (χ2n) is 5.72. The highest BCUT2D eigenvalue weighted by Crippen LogP contribution is 2.39. The molecule has 114 valence electrons. The number of carbonyl (C=O) groups is 1. The molecule has 2 unspecified atom stereocenters. The Kier molecular flexibility index (Phi) is 3.62. The van der Waals surface area contributed by atoms with Gasteiger partial charge in [0.05, 0.1) is 13.2 Å². The van der Waals surface area contributed by atoms with Gasteiger partial charge in [-0.15, -0.1) is 0 Å².